The first-order chi connectivity index (χ1) is 10.1. The molecule has 0 radical (unpaired) electrons. The van der Waals surface area contributed by atoms with Crippen molar-refractivity contribution in [2.24, 2.45) is 0 Å². The van der Waals surface area contributed by atoms with Crippen LogP contribution in [0.3, 0.4) is 0 Å². The molecule has 0 amide bonds. The third-order valence-electron chi connectivity index (χ3n) is 3.53. The quantitative estimate of drug-likeness (QED) is 0.573. The number of nitrogens with zero attached hydrogens (tertiary/aromatic N) is 2. The predicted molar refractivity (Wildman–Crippen MR) is 91.4 cm³/mol. The zero-order chi connectivity index (χ0) is 15.0. The molecule has 0 atom stereocenters. The van der Waals surface area contributed by atoms with E-state index in [0.717, 1.165) is 28.2 Å². The van der Waals surface area contributed by atoms with Crippen molar-refractivity contribution in [2.75, 3.05) is 12.0 Å². The van der Waals surface area contributed by atoms with E-state index in [2.05, 4.69) is 55.0 Å². The fourth-order valence-corrected chi connectivity index (χ4v) is 2.98. The van der Waals surface area contributed by atoms with Gasteiger partial charge in [0.1, 0.15) is 5.82 Å². The highest BCUT2D eigenvalue weighted by atomic mass is 32.2. The summed E-state index contributed by atoms with van der Waals surface area (Å²) in [5.41, 5.74) is 9.85. The fourth-order valence-electron chi connectivity index (χ4n) is 2.52. The third-order valence-corrected chi connectivity index (χ3v) is 4.26. The molecular weight excluding hydrogens is 278 g/mol. The van der Waals surface area contributed by atoms with E-state index in [1.54, 1.807) is 11.8 Å². The van der Waals surface area contributed by atoms with Gasteiger partial charge in [0.15, 0.2) is 0 Å². The summed E-state index contributed by atoms with van der Waals surface area (Å²) in [6, 6.07) is 14.5. The van der Waals surface area contributed by atoms with E-state index in [0.29, 0.717) is 5.92 Å². The lowest BCUT2D eigenvalue weighted by atomic mass is 10.2. The maximum Gasteiger partial charge on any atom is 0.117 e. The Morgan fingerprint density at radius 3 is 2.67 bits per heavy atom. The van der Waals surface area contributed by atoms with Gasteiger partial charge in [-0.05, 0) is 42.7 Å². The van der Waals surface area contributed by atoms with Gasteiger partial charge in [-0.2, -0.15) is 0 Å². The van der Waals surface area contributed by atoms with Crippen molar-refractivity contribution in [3.8, 4) is 5.69 Å². The number of hydrogen-bond acceptors (Lipinski definition) is 3. The number of fused-ring (bicyclic) bond motifs is 1. The monoisotopic (exact) mass is 297 g/mol. The number of nitrogen functional groups attached to an aromatic ring is 1. The molecule has 0 aliphatic carbocycles. The molecule has 1 heterocycles. The number of thioether (sulfide) groups is 1. The Hall–Kier alpha value is -1.94. The zero-order valence-corrected chi connectivity index (χ0v) is 13.3. The first kappa shape index (κ1) is 14.0. The van der Waals surface area contributed by atoms with Crippen molar-refractivity contribution in [1.82, 2.24) is 9.55 Å². The normalized spacial score (nSPS) is 11.4. The van der Waals surface area contributed by atoms with Crippen LogP contribution in [0.4, 0.5) is 5.69 Å². The van der Waals surface area contributed by atoms with Crippen LogP contribution in [-0.2, 0) is 0 Å². The van der Waals surface area contributed by atoms with Crippen LogP contribution in [0, 0.1) is 0 Å². The first-order valence-electron chi connectivity index (χ1n) is 7.02. The average Bonchev–Trinajstić information content (AvgIpc) is 2.86. The van der Waals surface area contributed by atoms with E-state index in [-0.39, 0.29) is 0 Å². The summed E-state index contributed by atoms with van der Waals surface area (Å²) in [6.45, 7) is 4.33. The van der Waals surface area contributed by atoms with E-state index in [4.69, 9.17) is 10.7 Å². The molecule has 0 aliphatic heterocycles. The van der Waals surface area contributed by atoms with Gasteiger partial charge < -0.3 is 5.73 Å². The maximum atomic E-state index is 5.89. The molecule has 3 nitrogen and oxygen atoms in total. The number of anilines is 1. The van der Waals surface area contributed by atoms with E-state index in [9.17, 15) is 0 Å². The van der Waals surface area contributed by atoms with Crippen LogP contribution in [0.15, 0.2) is 47.4 Å². The molecule has 0 unspecified atom stereocenters. The van der Waals surface area contributed by atoms with Gasteiger partial charge in [0.2, 0.25) is 0 Å². The number of benzene rings is 2. The van der Waals surface area contributed by atoms with Gasteiger partial charge in [0.25, 0.3) is 0 Å². The summed E-state index contributed by atoms with van der Waals surface area (Å²) >= 11 is 1.75. The fraction of sp³-hybridized carbons (Fsp3) is 0.235. The van der Waals surface area contributed by atoms with Gasteiger partial charge in [0, 0.05) is 22.2 Å². The van der Waals surface area contributed by atoms with Gasteiger partial charge in [-0.1, -0.05) is 19.9 Å². The second kappa shape index (κ2) is 5.45. The number of rotatable bonds is 3. The Kier molecular flexibility index (Phi) is 3.64. The minimum absolute atomic E-state index is 0.344. The molecule has 2 N–H and O–H groups in total. The molecule has 3 aromatic rings. The van der Waals surface area contributed by atoms with E-state index < -0.39 is 0 Å². The first-order valence-corrected chi connectivity index (χ1v) is 8.25. The molecule has 4 heteroatoms. The summed E-state index contributed by atoms with van der Waals surface area (Å²) in [5.74, 6) is 1.41. The van der Waals surface area contributed by atoms with E-state index in [1.807, 2.05) is 12.1 Å². The van der Waals surface area contributed by atoms with Crippen LogP contribution in [0.25, 0.3) is 16.7 Å². The lowest BCUT2D eigenvalue weighted by Crippen LogP contribution is -2.03. The van der Waals surface area contributed by atoms with Gasteiger partial charge in [-0.15, -0.1) is 11.8 Å². The third kappa shape index (κ3) is 2.51. The van der Waals surface area contributed by atoms with Crippen LogP contribution in [0.1, 0.15) is 25.6 Å². The van der Waals surface area contributed by atoms with Gasteiger partial charge in [0.05, 0.1) is 11.0 Å². The van der Waals surface area contributed by atoms with Crippen LogP contribution in [0.5, 0.6) is 0 Å². The Morgan fingerprint density at radius 2 is 1.95 bits per heavy atom. The SMILES string of the molecule is CSc1cccc(-n2c(C(C)C)nc3cc(N)ccc32)c1. The molecule has 1 aromatic heterocycles. The van der Waals surface area contributed by atoms with Gasteiger partial charge >= 0.3 is 0 Å². The highest BCUT2D eigenvalue weighted by Crippen LogP contribution is 2.28. The summed E-state index contributed by atoms with van der Waals surface area (Å²) in [5, 5.41) is 0. The molecule has 3 rings (SSSR count). The molecule has 0 aliphatic rings. The van der Waals surface area contributed by atoms with E-state index >= 15 is 0 Å². The molecule has 21 heavy (non-hydrogen) atoms. The van der Waals surface area contributed by atoms with Gasteiger partial charge in [-0.3, -0.25) is 4.57 Å². The lowest BCUT2D eigenvalue weighted by molar-refractivity contribution is 0.759. The van der Waals surface area contributed by atoms with Crippen molar-refractivity contribution in [1.29, 1.82) is 0 Å². The molecule has 0 saturated heterocycles. The van der Waals surface area contributed by atoms with Crippen molar-refractivity contribution in [3.63, 3.8) is 0 Å². The topological polar surface area (TPSA) is 43.8 Å². The van der Waals surface area contributed by atoms with Crippen LogP contribution in [0.2, 0.25) is 0 Å². The predicted octanol–water partition coefficient (Wildman–Crippen LogP) is 4.45. The van der Waals surface area contributed by atoms with Crippen LogP contribution < -0.4 is 5.73 Å². The number of nitrogens with two attached hydrogens (primary N) is 1. The Bertz CT molecular complexity index is 790. The lowest BCUT2D eigenvalue weighted by Gasteiger charge is -2.12. The molecule has 2 aromatic carbocycles. The minimum atomic E-state index is 0.344. The van der Waals surface area contributed by atoms with Crippen molar-refractivity contribution < 1.29 is 0 Å². The van der Waals surface area contributed by atoms with Crippen molar-refractivity contribution in [2.45, 2.75) is 24.7 Å². The summed E-state index contributed by atoms with van der Waals surface area (Å²) in [4.78, 5) is 6.03. The number of aromatic nitrogens is 2. The second-order valence-corrected chi connectivity index (χ2v) is 6.29. The minimum Gasteiger partial charge on any atom is -0.399 e. The number of hydrogen-bond donors (Lipinski definition) is 1. The highest BCUT2D eigenvalue weighted by Gasteiger charge is 2.15. The van der Waals surface area contributed by atoms with Crippen LogP contribution >= 0.6 is 11.8 Å². The van der Waals surface area contributed by atoms with Crippen molar-refractivity contribution in [3.05, 3.63) is 48.3 Å². The maximum absolute atomic E-state index is 5.89. The Labute approximate surface area is 129 Å². The summed E-state index contributed by atoms with van der Waals surface area (Å²) in [6.07, 6.45) is 2.09. The average molecular weight is 297 g/mol. The second-order valence-electron chi connectivity index (χ2n) is 5.41. The van der Waals surface area contributed by atoms with Gasteiger partial charge in [-0.25, -0.2) is 4.98 Å². The standard InChI is InChI=1S/C17H19N3S/c1-11(2)17-19-15-9-12(18)7-8-16(15)20(17)13-5-4-6-14(10-13)21-3/h4-11H,18H2,1-3H3. The molecule has 0 saturated carbocycles. The summed E-state index contributed by atoms with van der Waals surface area (Å²) < 4.78 is 2.24. The molecule has 0 bridgehead atoms. The smallest absolute Gasteiger partial charge is 0.117 e. The van der Waals surface area contributed by atoms with Crippen LogP contribution in [-0.4, -0.2) is 15.8 Å². The zero-order valence-electron chi connectivity index (χ0n) is 12.5. The Balaban J connectivity index is 2.30. The Morgan fingerprint density at radius 1 is 1.14 bits per heavy atom. The number of imidazole rings is 1. The molecule has 108 valence electrons. The molecule has 0 spiro atoms. The van der Waals surface area contributed by atoms with E-state index in [1.165, 1.54) is 4.90 Å². The summed E-state index contributed by atoms with van der Waals surface area (Å²) in [7, 11) is 0. The van der Waals surface area contributed by atoms with Crippen molar-refractivity contribution >= 4 is 28.5 Å². The highest BCUT2D eigenvalue weighted by molar-refractivity contribution is 7.98. The largest absolute Gasteiger partial charge is 0.399 e. The molecule has 0 fully saturated rings. The molecular formula is C17H19N3S.